The fourth-order valence-electron chi connectivity index (χ4n) is 4.45. The quantitative estimate of drug-likeness (QED) is 0.539. The van der Waals surface area contributed by atoms with Gasteiger partial charge in [-0.15, -0.1) is 0 Å². The summed E-state index contributed by atoms with van der Waals surface area (Å²) >= 11 is 0. The largest absolute Gasteiger partial charge is 0.265 e. The number of aromatic nitrogens is 3. The summed E-state index contributed by atoms with van der Waals surface area (Å²) in [4.78, 5) is 12.8. The number of benzene rings is 1. The lowest BCUT2D eigenvalue weighted by Gasteiger charge is -2.32. The number of hydrogen-bond acceptors (Lipinski definition) is 3. The van der Waals surface area contributed by atoms with Crippen LogP contribution < -0.4 is 0 Å². The van der Waals surface area contributed by atoms with Gasteiger partial charge in [0.1, 0.15) is 0 Å². The first kappa shape index (κ1) is 15.9. The van der Waals surface area contributed by atoms with E-state index in [4.69, 9.17) is 0 Å². The van der Waals surface area contributed by atoms with E-state index in [0.29, 0.717) is 0 Å². The second-order valence-corrected chi connectivity index (χ2v) is 7.11. The lowest BCUT2D eigenvalue weighted by molar-refractivity contribution is 0.519. The molecule has 3 nitrogen and oxygen atoms in total. The fourth-order valence-corrected chi connectivity index (χ4v) is 4.45. The van der Waals surface area contributed by atoms with Gasteiger partial charge >= 0.3 is 0 Å². The predicted octanol–water partition coefficient (Wildman–Crippen LogP) is 4.62. The van der Waals surface area contributed by atoms with E-state index >= 15 is 0 Å². The molecule has 3 heteroatoms. The van der Waals surface area contributed by atoms with Gasteiger partial charge < -0.3 is 0 Å². The first-order chi connectivity index (χ1) is 13.4. The number of rotatable bonds is 4. The average Bonchev–Trinajstić information content (AvgIpc) is 3.00. The smallest absolute Gasteiger partial charge is 0.0349 e. The summed E-state index contributed by atoms with van der Waals surface area (Å²) < 4.78 is 0. The Morgan fingerprint density at radius 2 is 1.11 bits per heavy atom. The van der Waals surface area contributed by atoms with Crippen LogP contribution in [0, 0.1) is 0 Å². The highest BCUT2D eigenvalue weighted by Gasteiger charge is 2.43. The van der Waals surface area contributed by atoms with Crippen LogP contribution in [-0.4, -0.2) is 15.0 Å². The topological polar surface area (TPSA) is 38.7 Å². The third kappa shape index (κ3) is 2.63. The number of fused-ring (bicyclic) bond motifs is 3. The van der Waals surface area contributed by atoms with Gasteiger partial charge in [-0.2, -0.15) is 0 Å². The molecule has 1 aliphatic rings. The van der Waals surface area contributed by atoms with E-state index in [9.17, 15) is 0 Å². The molecule has 0 saturated heterocycles. The maximum absolute atomic E-state index is 4.41. The minimum atomic E-state index is -0.127. The fraction of sp³-hybridized carbons (Fsp3) is 0.125. The van der Waals surface area contributed by atoms with Crippen LogP contribution in [0.5, 0.6) is 0 Å². The maximum Gasteiger partial charge on any atom is 0.0349 e. The van der Waals surface area contributed by atoms with E-state index in [0.717, 1.165) is 12.8 Å². The molecule has 0 unspecified atom stereocenters. The monoisotopic (exact) mass is 349 g/mol. The van der Waals surface area contributed by atoms with Gasteiger partial charge in [-0.25, -0.2) is 0 Å². The van der Waals surface area contributed by atoms with Crippen molar-refractivity contribution in [2.75, 3.05) is 0 Å². The van der Waals surface area contributed by atoms with E-state index in [1.54, 1.807) is 0 Å². The molecule has 0 fully saturated rings. The molecule has 0 spiro atoms. The zero-order valence-corrected chi connectivity index (χ0v) is 14.9. The van der Waals surface area contributed by atoms with Crippen LogP contribution in [0.1, 0.15) is 22.3 Å². The van der Waals surface area contributed by atoms with Gasteiger partial charge in [-0.05, 0) is 71.0 Å². The Morgan fingerprint density at radius 1 is 0.556 bits per heavy atom. The van der Waals surface area contributed by atoms with E-state index in [1.165, 1.54) is 33.4 Å². The van der Waals surface area contributed by atoms with Crippen molar-refractivity contribution in [3.8, 4) is 11.1 Å². The van der Waals surface area contributed by atoms with Crippen molar-refractivity contribution < 1.29 is 0 Å². The van der Waals surface area contributed by atoms with Gasteiger partial charge in [0.25, 0.3) is 0 Å². The second kappa shape index (κ2) is 6.44. The van der Waals surface area contributed by atoms with Gasteiger partial charge in [0.15, 0.2) is 0 Å². The number of nitrogens with zero attached hydrogens (tertiary/aromatic N) is 3. The Morgan fingerprint density at radius 3 is 1.78 bits per heavy atom. The van der Waals surface area contributed by atoms with Crippen molar-refractivity contribution in [1.82, 2.24) is 15.0 Å². The second-order valence-electron chi connectivity index (χ2n) is 7.11. The van der Waals surface area contributed by atoms with E-state index < -0.39 is 0 Å². The number of hydrogen-bond donors (Lipinski definition) is 0. The molecular formula is C24H19N3. The Labute approximate surface area is 158 Å². The summed E-state index contributed by atoms with van der Waals surface area (Å²) in [7, 11) is 0. The van der Waals surface area contributed by atoms with Crippen molar-refractivity contribution in [3.05, 3.63) is 114 Å². The molecule has 0 N–H and O–H groups in total. The summed E-state index contributed by atoms with van der Waals surface area (Å²) in [5, 5.41) is 0. The molecule has 4 aromatic rings. The molecule has 0 saturated carbocycles. The number of pyridine rings is 3. The molecule has 0 radical (unpaired) electrons. The highest BCUT2D eigenvalue weighted by Crippen LogP contribution is 2.51. The van der Waals surface area contributed by atoms with Crippen LogP contribution in [0.2, 0.25) is 0 Å². The van der Waals surface area contributed by atoms with Crippen LogP contribution in [0.3, 0.4) is 0 Å². The highest BCUT2D eigenvalue weighted by molar-refractivity contribution is 5.80. The third-order valence-electron chi connectivity index (χ3n) is 5.58. The van der Waals surface area contributed by atoms with E-state index in [-0.39, 0.29) is 5.41 Å². The van der Waals surface area contributed by atoms with Gasteiger partial charge in [-0.3, -0.25) is 15.0 Å². The Bertz CT molecular complexity index is 986. The molecule has 1 aliphatic carbocycles. The standard InChI is InChI=1S/C24H19N3/c1-2-4-22-20(3-1)21-17-27-14-9-23(21)24(22,15-18-5-10-25-11-6-18)16-19-7-12-26-13-8-19/h1-14,17H,15-16H2. The van der Waals surface area contributed by atoms with Gasteiger partial charge in [-0.1, -0.05) is 24.3 Å². The van der Waals surface area contributed by atoms with Gasteiger partial charge in [0, 0.05) is 48.2 Å². The summed E-state index contributed by atoms with van der Waals surface area (Å²) in [5.41, 5.74) is 7.73. The molecule has 0 aliphatic heterocycles. The summed E-state index contributed by atoms with van der Waals surface area (Å²) in [6, 6.07) is 19.4. The van der Waals surface area contributed by atoms with Crippen molar-refractivity contribution in [2.45, 2.75) is 18.3 Å². The van der Waals surface area contributed by atoms with Crippen molar-refractivity contribution in [1.29, 1.82) is 0 Å². The zero-order valence-electron chi connectivity index (χ0n) is 14.9. The molecule has 0 amide bonds. The Kier molecular flexibility index (Phi) is 3.79. The van der Waals surface area contributed by atoms with Crippen LogP contribution in [0.25, 0.3) is 11.1 Å². The molecular weight excluding hydrogens is 330 g/mol. The predicted molar refractivity (Wildman–Crippen MR) is 106 cm³/mol. The summed E-state index contributed by atoms with van der Waals surface area (Å²) in [6.07, 6.45) is 13.3. The SMILES string of the molecule is c1ccc2c(c1)-c1cnccc1C2(Cc1ccncc1)Cc1ccncc1. The lowest BCUT2D eigenvalue weighted by Crippen LogP contribution is -2.31. The normalized spacial score (nSPS) is 13.8. The van der Waals surface area contributed by atoms with Crippen LogP contribution in [-0.2, 0) is 18.3 Å². The molecule has 5 rings (SSSR count). The van der Waals surface area contributed by atoms with Crippen molar-refractivity contribution >= 4 is 0 Å². The van der Waals surface area contributed by atoms with E-state index in [2.05, 4.69) is 69.5 Å². The van der Waals surface area contributed by atoms with Crippen molar-refractivity contribution in [3.63, 3.8) is 0 Å². The van der Waals surface area contributed by atoms with Gasteiger partial charge in [0.2, 0.25) is 0 Å². The molecule has 3 heterocycles. The first-order valence-electron chi connectivity index (χ1n) is 9.19. The average molecular weight is 349 g/mol. The van der Waals surface area contributed by atoms with Crippen LogP contribution >= 0.6 is 0 Å². The summed E-state index contributed by atoms with van der Waals surface area (Å²) in [6.45, 7) is 0. The minimum Gasteiger partial charge on any atom is -0.265 e. The molecule has 1 aromatic carbocycles. The highest BCUT2D eigenvalue weighted by atomic mass is 14.6. The van der Waals surface area contributed by atoms with Crippen LogP contribution in [0.15, 0.2) is 91.8 Å². The van der Waals surface area contributed by atoms with Crippen molar-refractivity contribution in [2.24, 2.45) is 0 Å². The molecule has 0 atom stereocenters. The Hall–Kier alpha value is -3.33. The Balaban J connectivity index is 1.75. The zero-order chi connectivity index (χ0) is 18.1. The lowest BCUT2D eigenvalue weighted by atomic mass is 9.70. The van der Waals surface area contributed by atoms with E-state index in [1.807, 2.05) is 37.2 Å². The first-order valence-corrected chi connectivity index (χ1v) is 9.19. The molecule has 27 heavy (non-hydrogen) atoms. The summed E-state index contributed by atoms with van der Waals surface area (Å²) in [5.74, 6) is 0. The van der Waals surface area contributed by atoms with Crippen LogP contribution in [0.4, 0.5) is 0 Å². The maximum atomic E-state index is 4.41. The molecule has 130 valence electrons. The van der Waals surface area contributed by atoms with Gasteiger partial charge in [0.05, 0.1) is 0 Å². The molecule has 3 aromatic heterocycles. The minimum absolute atomic E-state index is 0.127. The third-order valence-corrected chi connectivity index (χ3v) is 5.58. The molecule has 0 bridgehead atoms.